The van der Waals surface area contributed by atoms with Gasteiger partial charge in [0.05, 0.1) is 11.6 Å². The van der Waals surface area contributed by atoms with Crippen LogP contribution in [0.1, 0.15) is 37.3 Å². The Balaban J connectivity index is 2.28. The monoisotopic (exact) mass is 212 g/mol. The summed E-state index contributed by atoms with van der Waals surface area (Å²) in [5.74, 6) is 0. The largest absolute Gasteiger partial charge is 0.361 e. The summed E-state index contributed by atoms with van der Waals surface area (Å²) in [7, 11) is 0. The van der Waals surface area contributed by atoms with E-state index in [9.17, 15) is 0 Å². The number of nitrogens with zero attached hydrogens (tertiary/aromatic N) is 1. The molecule has 2 rings (SSSR count). The molecule has 0 fully saturated rings. The number of aromatic amines is 1. The topological polar surface area (TPSA) is 39.6 Å². The minimum Gasteiger partial charge on any atom is -0.361 e. The Kier molecular flexibility index (Phi) is 3.26. The molecular formula is C14H16N2. The Morgan fingerprint density at radius 2 is 2.19 bits per heavy atom. The first-order valence-corrected chi connectivity index (χ1v) is 5.85. The number of nitriles is 1. The van der Waals surface area contributed by atoms with Crippen LogP contribution in [0, 0.1) is 11.3 Å². The first-order valence-electron chi connectivity index (χ1n) is 5.85. The molecule has 1 aromatic heterocycles. The molecule has 0 unspecified atom stereocenters. The van der Waals surface area contributed by atoms with Crippen LogP contribution in [0.25, 0.3) is 10.9 Å². The number of nitrogens with one attached hydrogen (secondary N) is 1. The fourth-order valence-corrected chi connectivity index (χ4v) is 2.02. The van der Waals surface area contributed by atoms with Gasteiger partial charge in [0, 0.05) is 17.1 Å². The van der Waals surface area contributed by atoms with Crippen molar-refractivity contribution in [1.82, 2.24) is 4.98 Å². The maximum Gasteiger partial charge on any atom is 0.0991 e. The van der Waals surface area contributed by atoms with Crippen molar-refractivity contribution in [3.05, 3.63) is 35.5 Å². The second-order valence-corrected chi connectivity index (χ2v) is 4.14. The molecule has 1 heterocycles. The lowest BCUT2D eigenvalue weighted by Crippen LogP contribution is -1.83. The molecule has 0 aliphatic carbocycles. The van der Waals surface area contributed by atoms with Gasteiger partial charge in [-0.1, -0.05) is 19.8 Å². The average molecular weight is 212 g/mol. The molecule has 0 bridgehead atoms. The van der Waals surface area contributed by atoms with Gasteiger partial charge in [-0.2, -0.15) is 5.26 Å². The van der Waals surface area contributed by atoms with Crippen molar-refractivity contribution in [2.45, 2.75) is 32.6 Å². The summed E-state index contributed by atoms with van der Waals surface area (Å²) in [4.78, 5) is 3.26. The zero-order valence-corrected chi connectivity index (χ0v) is 9.59. The molecule has 0 aliphatic heterocycles. The normalized spacial score (nSPS) is 10.5. The molecule has 82 valence electrons. The number of rotatable bonds is 4. The summed E-state index contributed by atoms with van der Waals surface area (Å²) < 4.78 is 0. The van der Waals surface area contributed by atoms with E-state index in [1.807, 2.05) is 18.2 Å². The summed E-state index contributed by atoms with van der Waals surface area (Å²) in [6, 6.07) is 8.01. The van der Waals surface area contributed by atoms with Crippen molar-refractivity contribution in [2.75, 3.05) is 0 Å². The third-order valence-electron chi connectivity index (χ3n) is 2.95. The summed E-state index contributed by atoms with van der Waals surface area (Å²) >= 11 is 0. The molecule has 0 radical (unpaired) electrons. The number of hydrogen-bond acceptors (Lipinski definition) is 1. The van der Waals surface area contributed by atoms with Gasteiger partial charge in [0.15, 0.2) is 0 Å². The Bertz CT molecular complexity index is 517. The Morgan fingerprint density at radius 3 is 2.94 bits per heavy atom. The van der Waals surface area contributed by atoms with Crippen LogP contribution in [-0.4, -0.2) is 4.98 Å². The van der Waals surface area contributed by atoms with E-state index in [4.69, 9.17) is 5.26 Å². The molecule has 0 spiro atoms. The summed E-state index contributed by atoms with van der Waals surface area (Å²) in [6.07, 6.45) is 6.90. The average Bonchev–Trinajstić information content (AvgIpc) is 2.72. The lowest BCUT2D eigenvalue weighted by Gasteiger charge is -1.98. The van der Waals surface area contributed by atoms with E-state index in [1.165, 1.54) is 30.2 Å². The highest BCUT2D eigenvalue weighted by Crippen LogP contribution is 2.21. The molecule has 0 aliphatic rings. The summed E-state index contributed by atoms with van der Waals surface area (Å²) in [5.41, 5.74) is 3.20. The summed E-state index contributed by atoms with van der Waals surface area (Å²) in [5, 5.41) is 10.1. The van der Waals surface area contributed by atoms with Crippen LogP contribution < -0.4 is 0 Å². The molecule has 16 heavy (non-hydrogen) atoms. The van der Waals surface area contributed by atoms with Gasteiger partial charge < -0.3 is 4.98 Å². The predicted octanol–water partition coefficient (Wildman–Crippen LogP) is 3.77. The third kappa shape index (κ3) is 2.09. The molecule has 2 heteroatoms. The van der Waals surface area contributed by atoms with E-state index in [-0.39, 0.29) is 0 Å². The Morgan fingerprint density at radius 1 is 1.31 bits per heavy atom. The van der Waals surface area contributed by atoms with Gasteiger partial charge in [0.2, 0.25) is 0 Å². The van der Waals surface area contributed by atoms with E-state index in [2.05, 4.69) is 24.2 Å². The molecule has 1 aromatic carbocycles. The van der Waals surface area contributed by atoms with Crippen molar-refractivity contribution in [3.63, 3.8) is 0 Å². The number of fused-ring (bicyclic) bond motifs is 1. The highest BCUT2D eigenvalue weighted by atomic mass is 14.7. The van der Waals surface area contributed by atoms with Crippen LogP contribution in [0.4, 0.5) is 0 Å². The van der Waals surface area contributed by atoms with Gasteiger partial charge in [0.1, 0.15) is 0 Å². The van der Waals surface area contributed by atoms with Crippen molar-refractivity contribution < 1.29 is 0 Å². The van der Waals surface area contributed by atoms with Gasteiger partial charge in [-0.3, -0.25) is 0 Å². The fraction of sp³-hybridized carbons (Fsp3) is 0.357. The molecule has 0 atom stereocenters. The fourth-order valence-electron chi connectivity index (χ4n) is 2.02. The maximum atomic E-state index is 8.88. The Labute approximate surface area is 95.9 Å². The first kappa shape index (κ1) is 10.8. The lowest BCUT2D eigenvalue weighted by atomic mass is 10.0. The zero-order chi connectivity index (χ0) is 11.4. The number of hydrogen-bond donors (Lipinski definition) is 1. The SMILES string of the molecule is CCCCCc1c[nH]c2ccc(C#N)cc12. The van der Waals surface area contributed by atoms with Gasteiger partial charge in [0.25, 0.3) is 0 Å². The third-order valence-corrected chi connectivity index (χ3v) is 2.95. The highest BCUT2D eigenvalue weighted by molar-refractivity contribution is 5.84. The number of aryl methyl sites for hydroxylation is 1. The van der Waals surface area contributed by atoms with Gasteiger partial charge in [-0.25, -0.2) is 0 Å². The van der Waals surface area contributed by atoms with Crippen LogP contribution in [0.15, 0.2) is 24.4 Å². The molecule has 1 N–H and O–H groups in total. The van der Waals surface area contributed by atoms with E-state index in [0.29, 0.717) is 0 Å². The number of benzene rings is 1. The Hall–Kier alpha value is -1.75. The maximum absolute atomic E-state index is 8.88. The molecule has 0 saturated carbocycles. The standard InChI is InChI=1S/C14H16N2/c1-2-3-4-5-12-10-16-14-7-6-11(9-15)8-13(12)14/h6-8,10,16H,2-5H2,1H3. The van der Waals surface area contributed by atoms with Crippen LogP contribution in [0.3, 0.4) is 0 Å². The second-order valence-electron chi connectivity index (χ2n) is 4.14. The number of unbranched alkanes of at least 4 members (excludes halogenated alkanes) is 2. The molecule has 2 aromatic rings. The van der Waals surface area contributed by atoms with Gasteiger partial charge in [-0.05, 0) is 36.6 Å². The van der Waals surface area contributed by atoms with E-state index in [0.717, 1.165) is 17.5 Å². The van der Waals surface area contributed by atoms with Crippen LogP contribution in [0.2, 0.25) is 0 Å². The van der Waals surface area contributed by atoms with Crippen molar-refractivity contribution in [3.8, 4) is 6.07 Å². The van der Waals surface area contributed by atoms with E-state index >= 15 is 0 Å². The molecule has 0 amide bonds. The van der Waals surface area contributed by atoms with Crippen molar-refractivity contribution in [2.24, 2.45) is 0 Å². The predicted molar refractivity (Wildman–Crippen MR) is 66.2 cm³/mol. The van der Waals surface area contributed by atoms with Gasteiger partial charge >= 0.3 is 0 Å². The van der Waals surface area contributed by atoms with Crippen LogP contribution in [-0.2, 0) is 6.42 Å². The molecule has 0 saturated heterocycles. The zero-order valence-electron chi connectivity index (χ0n) is 9.59. The van der Waals surface area contributed by atoms with Gasteiger partial charge in [-0.15, -0.1) is 0 Å². The van der Waals surface area contributed by atoms with Crippen LogP contribution in [0.5, 0.6) is 0 Å². The quantitative estimate of drug-likeness (QED) is 0.770. The first-order chi connectivity index (χ1) is 7.85. The summed E-state index contributed by atoms with van der Waals surface area (Å²) in [6.45, 7) is 2.21. The smallest absolute Gasteiger partial charge is 0.0991 e. The lowest BCUT2D eigenvalue weighted by molar-refractivity contribution is 0.719. The minimum atomic E-state index is 0.740. The number of H-pyrrole nitrogens is 1. The van der Waals surface area contributed by atoms with Crippen molar-refractivity contribution in [1.29, 1.82) is 5.26 Å². The van der Waals surface area contributed by atoms with E-state index < -0.39 is 0 Å². The van der Waals surface area contributed by atoms with Crippen molar-refractivity contribution >= 4 is 10.9 Å². The molecule has 2 nitrogen and oxygen atoms in total. The molecular weight excluding hydrogens is 196 g/mol. The second kappa shape index (κ2) is 4.85. The minimum absolute atomic E-state index is 0.740. The van der Waals surface area contributed by atoms with E-state index in [1.54, 1.807) is 0 Å². The highest BCUT2D eigenvalue weighted by Gasteiger charge is 2.04. The number of aromatic nitrogens is 1. The van der Waals surface area contributed by atoms with Crippen LogP contribution >= 0.6 is 0 Å².